The minimum absolute atomic E-state index is 0.246. The second kappa shape index (κ2) is 6.87. The molecular weight excluding hydrogens is 296 g/mol. The highest BCUT2D eigenvalue weighted by Crippen LogP contribution is 2.35. The lowest BCUT2D eigenvalue weighted by molar-refractivity contribution is 0.102. The Bertz CT molecular complexity index is 758. The number of nitrogen functional groups attached to an aromatic ring is 1. The molecule has 0 aliphatic carbocycles. The zero-order valence-corrected chi connectivity index (χ0v) is 13.0. The fraction of sp³-hybridized carbons (Fsp3) is 0.188. The molecule has 0 spiro atoms. The van der Waals surface area contributed by atoms with Crippen LogP contribution in [-0.4, -0.2) is 19.2 Å². The maximum atomic E-state index is 12.4. The largest absolute Gasteiger partial charge is 0.397 e. The minimum atomic E-state index is -0.246. The molecule has 3 N–H and O–H groups in total. The van der Waals surface area contributed by atoms with Crippen LogP contribution in [0.2, 0.25) is 0 Å². The summed E-state index contributed by atoms with van der Waals surface area (Å²) in [6.07, 6.45) is 0.606. The van der Waals surface area contributed by atoms with Crippen molar-refractivity contribution in [2.45, 2.75) is 13.3 Å². The van der Waals surface area contributed by atoms with Gasteiger partial charge in [0.15, 0.2) is 0 Å². The van der Waals surface area contributed by atoms with Gasteiger partial charge in [0, 0.05) is 23.4 Å². The summed E-state index contributed by atoms with van der Waals surface area (Å²) in [4.78, 5) is 17.0. The SMILES string of the molecule is C=NCCc1sc(NC(=O)c2ccccc2C)c(C#N)c1N. The molecule has 0 aliphatic rings. The van der Waals surface area contributed by atoms with Crippen molar-refractivity contribution in [2.24, 2.45) is 4.99 Å². The lowest BCUT2D eigenvalue weighted by atomic mass is 10.1. The third-order valence-electron chi connectivity index (χ3n) is 3.25. The number of hydrogen-bond donors (Lipinski definition) is 2. The van der Waals surface area contributed by atoms with Gasteiger partial charge in [0.2, 0.25) is 0 Å². The van der Waals surface area contributed by atoms with Crippen LogP contribution in [-0.2, 0) is 6.42 Å². The molecule has 112 valence electrons. The predicted molar refractivity (Wildman–Crippen MR) is 90.7 cm³/mol. The first-order valence-electron chi connectivity index (χ1n) is 6.69. The number of carbonyl (C=O) groups is 1. The van der Waals surface area contributed by atoms with Gasteiger partial charge in [-0.3, -0.25) is 4.79 Å². The Morgan fingerprint density at radius 2 is 2.23 bits per heavy atom. The maximum absolute atomic E-state index is 12.4. The quantitative estimate of drug-likeness (QED) is 0.831. The zero-order valence-electron chi connectivity index (χ0n) is 12.2. The van der Waals surface area contributed by atoms with Crippen molar-refractivity contribution in [3.8, 4) is 6.07 Å². The molecule has 0 unspecified atom stereocenters. The summed E-state index contributed by atoms with van der Waals surface area (Å²) in [6.45, 7) is 5.83. The van der Waals surface area contributed by atoms with Crippen LogP contribution in [0.1, 0.15) is 26.4 Å². The van der Waals surface area contributed by atoms with E-state index in [2.05, 4.69) is 23.1 Å². The Kier molecular flexibility index (Phi) is 4.92. The van der Waals surface area contributed by atoms with Crippen LogP contribution >= 0.6 is 11.3 Å². The number of benzene rings is 1. The average molecular weight is 312 g/mol. The summed E-state index contributed by atoms with van der Waals surface area (Å²) in [5.41, 5.74) is 8.15. The number of aliphatic imine (C=N–C) groups is 1. The first-order valence-corrected chi connectivity index (χ1v) is 7.50. The number of rotatable bonds is 5. The van der Waals surface area contributed by atoms with Crippen molar-refractivity contribution in [3.63, 3.8) is 0 Å². The van der Waals surface area contributed by atoms with E-state index in [0.717, 1.165) is 10.4 Å². The van der Waals surface area contributed by atoms with Crippen molar-refractivity contribution in [1.29, 1.82) is 5.26 Å². The van der Waals surface area contributed by atoms with E-state index < -0.39 is 0 Å². The molecule has 0 aliphatic heterocycles. The molecule has 0 saturated carbocycles. The highest BCUT2D eigenvalue weighted by atomic mass is 32.1. The molecule has 5 nitrogen and oxygen atoms in total. The number of aryl methyl sites for hydroxylation is 1. The van der Waals surface area contributed by atoms with E-state index in [9.17, 15) is 10.1 Å². The standard InChI is InChI=1S/C16H16N4OS/c1-10-5-3-4-6-11(10)15(21)20-16-12(9-17)14(18)13(22-16)7-8-19-2/h3-6H,2,7-8,18H2,1H3,(H,20,21). The summed E-state index contributed by atoms with van der Waals surface area (Å²) in [5.74, 6) is -0.246. The summed E-state index contributed by atoms with van der Waals surface area (Å²) >= 11 is 1.31. The number of nitrogens with two attached hydrogens (primary N) is 1. The Hall–Kier alpha value is -2.65. The van der Waals surface area contributed by atoms with E-state index in [4.69, 9.17) is 5.73 Å². The van der Waals surface area contributed by atoms with Gasteiger partial charge in [-0.15, -0.1) is 11.3 Å². The number of nitriles is 1. The van der Waals surface area contributed by atoms with E-state index in [1.807, 2.05) is 19.1 Å². The van der Waals surface area contributed by atoms with Crippen molar-refractivity contribution in [3.05, 3.63) is 45.8 Å². The molecule has 0 atom stereocenters. The molecule has 0 fully saturated rings. The van der Waals surface area contributed by atoms with Gasteiger partial charge in [-0.05, 0) is 25.3 Å². The smallest absolute Gasteiger partial charge is 0.256 e. The normalized spacial score (nSPS) is 10.0. The number of thiophene rings is 1. The van der Waals surface area contributed by atoms with Crippen molar-refractivity contribution >= 4 is 34.6 Å². The summed E-state index contributed by atoms with van der Waals surface area (Å²) in [5, 5.41) is 12.5. The molecule has 1 amide bonds. The zero-order chi connectivity index (χ0) is 16.1. The van der Waals surface area contributed by atoms with Crippen LogP contribution in [0.25, 0.3) is 0 Å². The van der Waals surface area contributed by atoms with Crippen LogP contribution in [0, 0.1) is 18.3 Å². The van der Waals surface area contributed by atoms with Gasteiger partial charge in [0.05, 0.1) is 5.69 Å². The first-order chi connectivity index (χ1) is 10.6. The fourth-order valence-corrected chi connectivity index (χ4v) is 3.11. The number of carbonyl (C=O) groups excluding carboxylic acids is 1. The van der Waals surface area contributed by atoms with E-state index in [0.29, 0.717) is 34.8 Å². The Balaban J connectivity index is 2.30. The Morgan fingerprint density at radius 3 is 2.86 bits per heavy atom. The average Bonchev–Trinajstić information content (AvgIpc) is 2.80. The highest BCUT2D eigenvalue weighted by Gasteiger charge is 2.18. The summed E-state index contributed by atoms with van der Waals surface area (Å²) in [7, 11) is 0. The third kappa shape index (κ3) is 3.15. The van der Waals surface area contributed by atoms with Gasteiger partial charge < -0.3 is 16.0 Å². The molecule has 2 aromatic rings. The first kappa shape index (κ1) is 15.7. The van der Waals surface area contributed by atoms with Gasteiger partial charge in [-0.25, -0.2) is 0 Å². The number of amides is 1. The second-order valence-corrected chi connectivity index (χ2v) is 5.83. The summed E-state index contributed by atoms with van der Waals surface area (Å²) < 4.78 is 0. The van der Waals surface area contributed by atoms with E-state index in [1.165, 1.54) is 11.3 Å². The van der Waals surface area contributed by atoms with Crippen LogP contribution in [0.15, 0.2) is 29.3 Å². The third-order valence-corrected chi connectivity index (χ3v) is 4.43. The molecule has 0 bridgehead atoms. The van der Waals surface area contributed by atoms with Crippen LogP contribution in [0.5, 0.6) is 0 Å². The van der Waals surface area contributed by atoms with E-state index in [-0.39, 0.29) is 5.91 Å². The predicted octanol–water partition coefficient (Wildman–Crippen LogP) is 3.01. The monoisotopic (exact) mass is 312 g/mol. The van der Waals surface area contributed by atoms with Gasteiger partial charge in [-0.1, -0.05) is 18.2 Å². The van der Waals surface area contributed by atoms with Crippen LogP contribution < -0.4 is 11.1 Å². The molecular formula is C16H16N4OS. The topological polar surface area (TPSA) is 91.3 Å². The lowest BCUT2D eigenvalue weighted by Crippen LogP contribution is -2.13. The van der Waals surface area contributed by atoms with Gasteiger partial charge in [0.25, 0.3) is 5.91 Å². The number of nitrogens with one attached hydrogen (secondary N) is 1. The fourth-order valence-electron chi connectivity index (χ4n) is 2.05. The number of anilines is 2. The van der Waals surface area contributed by atoms with Crippen LogP contribution in [0.3, 0.4) is 0 Å². The second-order valence-electron chi connectivity index (χ2n) is 4.72. The number of hydrogen-bond acceptors (Lipinski definition) is 5. The molecule has 0 radical (unpaired) electrons. The van der Waals surface area contributed by atoms with E-state index >= 15 is 0 Å². The van der Waals surface area contributed by atoms with Crippen LogP contribution in [0.4, 0.5) is 10.7 Å². The van der Waals surface area contributed by atoms with Crippen molar-refractivity contribution in [1.82, 2.24) is 0 Å². The molecule has 1 heterocycles. The molecule has 2 rings (SSSR count). The van der Waals surface area contributed by atoms with Gasteiger partial charge in [-0.2, -0.15) is 5.26 Å². The van der Waals surface area contributed by atoms with Crippen molar-refractivity contribution < 1.29 is 4.79 Å². The van der Waals surface area contributed by atoms with Gasteiger partial charge >= 0.3 is 0 Å². The minimum Gasteiger partial charge on any atom is -0.397 e. The molecule has 6 heteroatoms. The molecule has 0 saturated heterocycles. The highest BCUT2D eigenvalue weighted by molar-refractivity contribution is 7.17. The Labute approximate surface area is 133 Å². The molecule has 1 aromatic heterocycles. The maximum Gasteiger partial charge on any atom is 0.256 e. The Morgan fingerprint density at radius 1 is 1.50 bits per heavy atom. The lowest BCUT2D eigenvalue weighted by Gasteiger charge is -2.06. The summed E-state index contributed by atoms with van der Waals surface area (Å²) in [6, 6.07) is 9.34. The van der Waals surface area contributed by atoms with Gasteiger partial charge in [0.1, 0.15) is 16.6 Å². The molecule has 22 heavy (non-hydrogen) atoms. The molecule has 1 aromatic carbocycles. The number of nitrogens with zero attached hydrogens (tertiary/aromatic N) is 2. The van der Waals surface area contributed by atoms with E-state index in [1.54, 1.807) is 12.1 Å². The van der Waals surface area contributed by atoms with Crippen molar-refractivity contribution in [2.75, 3.05) is 17.6 Å².